The minimum atomic E-state index is -0.958. The van der Waals surface area contributed by atoms with E-state index in [4.69, 9.17) is 10.8 Å². The van der Waals surface area contributed by atoms with E-state index in [9.17, 15) is 4.79 Å². The van der Waals surface area contributed by atoms with Crippen LogP contribution < -0.4 is 5.73 Å². The lowest BCUT2D eigenvalue weighted by Gasteiger charge is -2.30. The van der Waals surface area contributed by atoms with Crippen molar-refractivity contribution >= 4 is 5.97 Å². The molecule has 4 heteroatoms. The normalized spacial score (nSPS) is 13.2. The number of rotatable bonds is 7. The van der Waals surface area contributed by atoms with Gasteiger partial charge in [0.2, 0.25) is 0 Å². The van der Waals surface area contributed by atoms with E-state index in [-0.39, 0.29) is 0 Å². The van der Waals surface area contributed by atoms with Gasteiger partial charge in [0, 0.05) is 18.6 Å². The molecular weight excluding hydrogens is 252 g/mol. The van der Waals surface area contributed by atoms with Crippen molar-refractivity contribution in [2.24, 2.45) is 5.73 Å². The van der Waals surface area contributed by atoms with Crippen LogP contribution in [0.15, 0.2) is 24.3 Å². The largest absolute Gasteiger partial charge is 0.480 e. The molecular formula is C16H26N2O2. The number of hydrogen-bond acceptors (Lipinski definition) is 3. The lowest BCUT2D eigenvalue weighted by Crippen LogP contribution is -2.36. The van der Waals surface area contributed by atoms with E-state index in [1.165, 1.54) is 5.56 Å². The minimum Gasteiger partial charge on any atom is -0.480 e. The Labute approximate surface area is 121 Å². The molecule has 0 radical (unpaired) electrons. The summed E-state index contributed by atoms with van der Waals surface area (Å²) in [4.78, 5) is 13.1. The van der Waals surface area contributed by atoms with Crippen molar-refractivity contribution in [3.63, 3.8) is 0 Å². The van der Waals surface area contributed by atoms with Crippen LogP contribution in [0.25, 0.3) is 0 Å². The van der Waals surface area contributed by atoms with Crippen LogP contribution in [-0.2, 0) is 17.8 Å². The second kappa shape index (κ2) is 7.41. The molecule has 0 heterocycles. The molecule has 3 N–H and O–H groups in total. The molecule has 0 aliphatic heterocycles. The summed E-state index contributed by atoms with van der Waals surface area (Å²) >= 11 is 0. The molecule has 0 aromatic heterocycles. The summed E-state index contributed by atoms with van der Waals surface area (Å²) in [7, 11) is 0. The highest BCUT2D eigenvalue weighted by atomic mass is 16.4. The van der Waals surface area contributed by atoms with E-state index < -0.39 is 12.0 Å². The molecule has 0 bridgehead atoms. The van der Waals surface area contributed by atoms with Crippen molar-refractivity contribution < 1.29 is 9.90 Å². The number of carboxylic acid groups (broad SMARTS) is 1. The first-order chi connectivity index (χ1) is 9.31. The summed E-state index contributed by atoms with van der Waals surface area (Å²) in [5.74, 6) is -0.958. The van der Waals surface area contributed by atoms with Crippen LogP contribution in [0.3, 0.4) is 0 Å². The SMILES string of the molecule is CC(C)N(Cc1ccc(CC(N)C(=O)O)cc1)C(C)C. The third-order valence-electron chi connectivity index (χ3n) is 3.49. The van der Waals surface area contributed by atoms with Gasteiger partial charge in [-0.2, -0.15) is 0 Å². The molecule has 20 heavy (non-hydrogen) atoms. The second-order valence-corrected chi connectivity index (χ2v) is 5.83. The average Bonchev–Trinajstić information content (AvgIpc) is 2.36. The van der Waals surface area contributed by atoms with Crippen LogP contribution in [0.5, 0.6) is 0 Å². The highest BCUT2D eigenvalue weighted by molar-refractivity contribution is 5.73. The fraction of sp³-hybridized carbons (Fsp3) is 0.562. The Bertz CT molecular complexity index is 419. The van der Waals surface area contributed by atoms with E-state index in [0.717, 1.165) is 12.1 Å². The quantitative estimate of drug-likeness (QED) is 0.803. The molecule has 1 aromatic carbocycles. The fourth-order valence-electron chi connectivity index (χ4n) is 2.29. The number of carboxylic acids is 1. The lowest BCUT2D eigenvalue weighted by atomic mass is 10.0. The molecule has 0 fully saturated rings. The van der Waals surface area contributed by atoms with Gasteiger partial charge in [0.1, 0.15) is 6.04 Å². The Morgan fingerprint density at radius 1 is 1.10 bits per heavy atom. The second-order valence-electron chi connectivity index (χ2n) is 5.83. The molecule has 112 valence electrons. The Balaban J connectivity index is 2.69. The van der Waals surface area contributed by atoms with Gasteiger partial charge in [0.05, 0.1) is 0 Å². The molecule has 0 amide bonds. The monoisotopic (exact) mass is 278 g/mol. The van der Waals surface area contributed by atoms with Gasteiger partial charge in [0.15, 0.2) is 0 Å². The number of nitrogens with zero attached hydrogens (tertiary/aromatic N) is 1. The van der Waals surface area contributed by atoms with Crippen LogP contribution in [-0.4, -0.2) is 34.1 Å². The van der Waals surface area contributed by atoms with Gasteiger partial charge in [-0.1, -0.05) is 24.3 Å². The molecule has 0 aliphatic rings. The summed E-state index contributed by atoms with van der Waals surface area (Å²) in [5, 5.41) is 8.81. The first-order valence-electron chi connectivity index (χ1n) is 7.13. The molecule has 0 aliphatic carbocycles. The first kappa shape index (κ1) is 16.7. The van der Waals surface area contributed by atoms with Crippen LogP contribution in [0.2, 0.25) is 0 Å². The highest BCUT2D eigenvalue weighted by Gasteiger charge is 2.14. The van der Waals surface area contributed by atoms with Crippen molar-refractivity contribution in [1.29, 1.82) is 0 Å². The smallest absolute Gasteiger partial charge is 0.320 e. The molecule has 1 aromatic rings. The van der Waals surface area contributed by atoms with Crippen molar-refractivity contribution in [1.82, 2.24) is 4.90 Å². The molecule has 1 rings (SSSR count). The molecule has 4 nitrogen and oxygen atoms in total. The van der Waals surface area contributed by atoms with Crippen molar-refractivity contribution in [2.75, 3.05) is 0 Å². The minimum absolute atomic E-state index is 0.369. The van der Waals surface area contributed by atoms with Gasteiger partial charge in [-0.3, -0.25) is 9.69 Å². The lowest BCUT2D eigenvalue weighted by molar-refractivity contribution is -0.138. The third-order valence-corrected chi connectivity index (χ3v) is 3.49. The molecule has 0 spiro atoms. The summed E-state index contributed by atoms with van der Waals surface area (Å²) in [6.45, 7) is 9.68. The van der Waals surface area contributed by atoms with Crippen molar-refractivity contribution in [3.05, 3.63) is 35.4 Å². The van der Waals surface area contributed by atoms with Gasteiger partial charge in [-0.15, -0.1) is 0 Å². The standard InChI is InChI=1S/C16H26N2O2/c1-11(2)18(12(3)4)10-14-7-5-13(6-8-14)9-15(17)16(19)20/h5-8,11-12,15H,9-10,17H2,1-4H3,(H,19,20). The molecule has 0 saturated heterocycles. The van der Waals surface area contributed by atoms with Crippen molar-refractivity contribution in [3.8, 4) is 0 Å². The van der Waals surface area contributed by atoms with Crippen LogP contribution in [0, 0.1) is 0 Å². The molecule has 0 saturated carbocycles. The summed E-state index contributed by atoms with van der Waals surface area (Å²) in [6.07, 6.45) is 0.369. The zero-order chi connectivity index (χ0) is 15.3. The van der Waals surface area contributed by atoms with Gasteiger partial charge in [-0.05, 0) is 45.2 Å². The number of aliphatic carboxylic acids is 1. The van der Waals surface area contributed by atoms with E-state index in [1.807, 2.05) is 12.1 Å². The third kappa shape index (κ3) is 4.94. The predicted molar refractivity (Wildman–Crippen MR) is 81.6 cm³/mol. The van der Waals surface area contributed by atoms with Crippen molar-refractivity contribution in [2.45, 2.75) is 58.8 Å². The molecule has 1 atom stereocenters. The summed E-state index contributed by atoms with van der Waals surface area (Å²) in [6, 6.07) is 8.21. The Hall–Kier alpha value is -1.39. The first-order valence-corrected chi connectivity index (χ1v) is 7.13. The van der Waals surface area contributed by atoms with Gasteiger partial charge in [-0.25, -0.2) is 0 Å². The number of hydrogen-bond donors (Lipinski definition) is 2. The number of carbonyl (C=O) groups is 1. The maximum Gasteiger partial charge on any atom is 0.320 e. The van der Waals surface area contributed by atoms with Gasteiger partial charge < -0.3 is 10.8 Å². The predicted octanol–water partition coefficient (Wildman–Crippen LogP) is 2.26. The topological polar surface area (TPSA) is 66.6 Å². The summed E-state index contributed by atoms with van der Waals surface area (Å²) < 4.78 is 0. The van der Waals surface area contributed by atoms with E-state index in [2.05, 4.69) is 44.7 Å². The zero-order valence-corrected chi connectivity index (χ0v) is 12.8. The van der Waals surface area contributed by atoms with E-state index in [1.54, 1.807) is 0 Å². The van der Waals surface area contributed by atoms with E-state index >= 15 is 0 Å². The van der Waals surface area contributed by atoms with Gasteiger partial charge >= 0.3 is 5.97 Å². The Morgan fingerprint density at radius 2 is 1.55 bits per heavy atom. The Kier molecular flexibility index (Phi) is 6.17. The van der Waals surface area contributed by atoms with Gasteiger partial charge in [0.25, 0.3) is 0 Å². The maximum absolute atomic E-state index is 10.7. The number of nitrogens with two attached hydrogens (primary N) is 1. The molecule has 1 unspecified atom stereocenters. The fourth-order valence-corrected chi connectivity index (χ4v) is 2.29. The maximum atomic E-state index is 10.7. The Morgan fingerprint density at radius 3 is 1.95 bits per heavy atom. The van der Waals surface area contributed by atoms with Crippen LogP contribution >= 0.6 is 0 Å². The van der Waals surface area contributed by atoms with Crippen LogP contribution in [0.1, 0.15) is 38.8 Å². The zero-order valence-electron chi connectivity index (χ0n) is 12.8. The summed E-state index contributed by atoms with van der Waals surface area (Å²) in [5.41, 5.74) is 7.74. The van der Waals surface area contributed by atoms with E-state index in [0.29, 0.717) is 18.5 Å². The van der Waals surface area contributed by atoms with Crippen LogP contribution in [0.4, 0.5) is 0 Å². The number of benzene rings is 1. The average molecular weight is 278 g/mol. The highest BCUT2D eigenvalue weighted by Crippen LogP contribution is 2.13.